The second-order valence-corrected chi connectivity index (χ2v) is 6.11. The van der Waals surface area contributed by atoms with Crippen molar-refractivity contribution in [2.45, 2.75) is 25.7 Å². The van der Waals surface area contributed by atoms with E-state index in [1.807, 2.05) is 18.2 Å². The fourth-order valence-electron chi connectivity index (χ4n) is 3.48. The van der Waals surface area contributed by atoms with Crippen LogP contribution in [0, 0.1) is 6.92 Å². The number of benzene rings is 1. The number of aromatic nitrogens is 1. The first kappa shape index (κ1) is 17.1. The number of hydrogen-bond donors (Lipinski definition) is 1. The number of H-pyrrole nitrogens is 1. The number of aromatic amines is 1. The molecule has 0 spiro atoms. The fraction of sp³-hybridized carbons (Fsp3) is 0.368. The molecule has 25 heavy (non-hydrogen) atoms. The zero-order valence-electron chi connectivity index (χ0n) is 14.8. The summed E-state index contributed by atoms with van der Waals surface area (Å²) in [5.41, 5.74) is 3.43. The van der Waals surface area contributed by atoms with Crippen LogP contribution >= 0.6 is 0 Å². The predicted octanol–water partition coefficient (Wildman–Crippen LogP) is 3.04. The van der Waals surface area contributed by atoms with E-state index in [2.05, 4.69) is 4.98 Å². The van der Waals surface area contributed by atoms with E-state index in [0.29, 0.717) is 41.2 Å². The Balaban J connectivity index is 1.96. The predicted molar refractivity (Wildman–Crippen MR) is 91.8 cm³/mol. The molecule has 0 aliphatic heterocycles. The zero-order chi connectivity index (χ0) is 18.1. The summed E-state index contributed by atoms with van der Waals surface area (Å²) in [6, 6.07) is 5.69. The van der Waals surface area contributed by atoms with Gasteiger partial charge in [-0.2, -0.15) is 0 Å². The van der Waals surface area contributed by atoms with Crippen LogP contribution in [-0.2, 0) is 11.2 Å². The van der Waals surface area contributed by atoms with Crippen LogP contribution in [0.2, 0.25) is 0 Å². The number of esters is 1. The summed E-state index contributed by atoms with van der Waals surface area (Å²) in [4.78, 5) is 27.6. The first-order valence-corrected chi connectivity index (χ1v) is 8.05. The number of rotatable bonds is 4. The molecule has 0 amide bonds. The van der Waals surface area contributed by atoms with Gasteiger partial charge in [0.05, 0.1) is 21.3 Å². The molecule has 1 heterocycles. The Morgan fingerprint density at radius 1 is 1.12 bits per heavy atom. The Morgan fingerprint density at radius 3 is 2.48 bits per heavy atom. The molecule has 2 aromatic rings. The Kier molecular flexibility index (Phi) is 4.53. The Labute approximate surface area is 146 Å². The lowest BCUT2D eigenvalue weighted by Gasteiger charge is -2.23. The highest BCUT2D eigenvalue weighted by atomic mass is 16.5. The van der Waals surface area contributed by atoms with E-state index in [4.69, 9.17) is 14.2 Å². The van der Waals surface area contributed by atoms with Crippen molar-refractivity contribution in [1.29, 1.82) is 0 Å². The maximum Gasteiger partial charge on any atom is 0.354 e. The standard InChI is InChI=1S/C19H21NO5/c1-10-17-13(20-18(10)19(22)25-4)7-12(8-14(17)21)11-5-6-15(23-2)16(9-11)24-3/h5-6,9,12,20H,7-8H2,1-4H3/t12-/m1/s1. The van der Waals surface area contributed by atoms with E-state index in [9.17, 15) is 9.59 Å². The van der Waals surface area contributed by atoms with Crippen LogP contribution < -0.4 is 9.47 Å². The molecule has 0 saturated heterocycles. The van der Waals surface area contributed by atoms with Gasteiger partial charge in [0.15, 0.2) is 17.3 Å². The minimum atomic E-state index is -0.456. The van der Waals surface area contributed by atoms with Crippen LogP contribution in [0.1, 0.15) is 50.0 Å². The van der Waals surface area contributed by atoms with Gasteiger partial charge in [0, 0.05) is 17.7 Å². The van der Waals surface area contributed by atoms with Crippen LogP contribution in [0.5, 0.6) is 11.5 Å². The summed E-state index contributed by atoms with van der Waals surface area (Å²) < 4.78 is 15.4. The van der Waals surface area contributed by atoms with Crippen molar-refractivity contribution in [3.63, 3.8) is 0 Å². The molecule has 6 heteroatoms. The van der Waals surface area contributed by atoms with Crippen molar-refractivity contribution < 1.29 is 23.8 Å². The quantitative estimate of drug-likeness (QED) is 0.864. The fourth-order valence-corrected chi connectivity index (χ4v) is 3.48. The Hall–Kier alpha value is -2.76. The van der Waals surface area contributed by atoms with E-state index in [-0.39, 0.29) is 11.7 Å². The number of nitrogens with one attached hydrogen (secondary N) is 1. The average Bonchev–Trinajstić information content (AvgIpc) is 2.97. The summed E-state index contributed by atoms with van der Waals surface area (Å²) in [7, 11) is 4.50. The van der Waals surface area contributed by atoms with Crippen LogP contribution in [-0.4, -0.2) is 38.1 Å². The molecule has 1 atom stereocenters. The van der Waals surface area contributed by atoms with Gasteiger partial charge in [-0.05, 0) is 42.5 Å². The molecule has 0 bridgehead atoms. The smallest absolute Gasteiger partial charge is 0.354 e. The van der Waals surface area contributed by atoms with Crippen molar-refractivity contribution >= 4 is 11.8 Å². The van der Waals surface area contributed by atoms with Crippen LogP contribution in [0.3, 0.4) is 0 Å². The van der Waals surface area contributed by atoms with Gasteiger partial charge in [-0.1, -0.05) is 6.07 Å². The third-order valence-electron chi connectivity index (χ3n) is 4.76. The number of hydrogen-bond acceptors (Lipinski definition) is 5. The molecule has 0 saturated carbocycles. The molecule has 1 N–H and O–H groups in total. The van der Waals surface area contributed by atoms with Gasteiger partial charge in [-0.15, -0.1) is 0 Å². The number of Topliss-reactive ketones (excluding diaryl/α,β-unsaturated/α-hetero) is 1. The van der Waals surface area contributed by atoms with Gasteiger partial charge < -0.3 is 19.2 Å². The highest BCUT2D eigenvalue weighted by molar-refractivity contribution is 6.03. The molecule has 1 aliphatic rings. The number of ketones is 1. The lowest BCUT2D eigenvalue weighted by atomic mass is 9.81. The molecule has 0 unspecified atom stereocenters. The SMILES string of the molecule is COC(=O)c1[nH]c2c(c1C)C(=O)C[C@H](c1ccc(OC)c(OC)c1)C2. The van der Waals surface area contributed by atoms with Gasteiger partial charge in [0.2, 0.25) is 0 Å². The Morgan fingerprint density at radius 2 is 1.84 bits per heavy atom. The lowest BCUT2D eigenvalue weighted by Crippen LogP contribution is -2.18. The molecule has 3 rings (SSSR count). The molecular formula is C19H21NO5. The van der Waals surface area contributed by atoms with Crippen LogP contribution in [0.15, 0.2) is 18.2 Å². The van der Waals surface area contributed by atoms with Crippen molar-refractivity contribution in [3.05, 3.63) is 46.3 Å². The highest BCUT2D eigenvalue weighted by Gasteiger charge is 2.32. The maximum atomic E-state index is 12.7. The third kappa shape index (κ3) is 2.88. The summed E-state index contributed by atoms with van der Waals surface area (Å²) >= 11 is 0. The number of carbonyl (C=O) groups excluding carboxylic acids is 2. The maximum absolute atomic E-state index is 12.7. The van der Waals surface area contributed by atoms with E-state index in [1.54, 1.807) is 21.1 Å². The number of fused-ring (bicyclic) bond motifs is 1. The topological polar surface area (TPSA) is 77.6 Å². The van der Waals surface area contributed by atoms with E-state index >= 15 is 0 Å². The van der Waals surface area contributed by atoms with Gasteiger partial charge in [0.1, 0.15) is 5.69 Å². The molecule has 6 nitrogen and oxygen atoms in total. The number of ether oxygens (including phenoxy) is 3. The van der Waals surface area contributed by atoms with Crippen molar-refractivity contribution in [3.8, 4) is 11.5 Å². The molecule has 1 aliphatic carbocycles. The third-order valence-corrected chi connectivity index (χ3v) is 4.76. The zero-order valence-corrected chi connectivity index (χ0v) is 14.8. The second-order valence-electron chi connectivity index (χ2n) is 6.11. The van der Waals surface area contributed by atoms with Gasteiger partial charge >= 0.3 is 5.97 Å². The van der Waals surface area contributed by atoms with E-state index in [0.717, 1.165) is 11.3 Å². The lowest BCUT2D eigenvalue weighted by molar-refractivity contribution is 0.0593. The summed E-state index contributed by atoms with van der Waals surface area (Å²) in [5.74, 6) is 0.879. The first-order valence-electron chi connectivity index (χ1n) is 8.05. The van der Waals surface area contributed by atoms with Gasteiger partial charge in [-0.3, -0.25) is 4.79 Å². The molecule has 0 fully saturated rings. The monoisotopic (exact) mass is 343 g/mol. The van der Waals surface area contributed by atoms with Crippen molar-refractivity contribution in [2.75, 3.05) is 21.3 Å². The van der Waals surface area contributed by atoms with Crippen LogP contribution in [0.4, 0.5) is 0 Å². The number of carbonyl (C=O) groups is 2. The molecule has 1 aromatic heterocycles. The van der Waals surface area contributed by atoms with Crippen molar-refractivity contribution in [2.24, 2.45) is 0 Å². The molecule has 132 valence electrons. The van der Waals surface area contributed by atoms with Gasteiger partial charge in [-0.25, -0.2) is 4.79 Å². The second kappa shape index (κ2) is 6.63. The van der Waals surface area contributed by atoms with E-state index < -0.39 is 5.97 Å². The van der Waals surface area contributed by atoms with Crippen LogP contribution in [0.25, 0.3) is 0 Å². The highest BCUT2D eigenvalue weighted by Crippen LogP contribution is 2.38. The molecular weight excluding hydrogens is 322 g/mol. The van der Waals surface area contributed by atoms with E-state index in [1.165, 1.54) is 7.11 Å². The Bertz CT molecular complexity index is 837. The normalized spacial score (nSPS) is 16.3. The summed E-state index contributed by atoms with van der Waals surface area (Å²) in [5, 5.41) is 0. The van der Waals surface area contributed by atoms with Crippen molar-refractivity contribution in [1.82, 2.24) is 4.98 Å². The summed E-state index contributed by atoms with van der Waals surface area (Å²) in [6.45, 7) is 1.77. The average molecular weight is 343 g/mol. The molecule has 1 aromatic carbocycles. The minimum absolute atomic E-state index is 0.0170. The number of methoxy groups -OCH3 is 3. The minimum Gasteiger partial charge on any atom is -0.493 e. The molecule has 0 radical (unpaired) electrons. The summed E-state index contributed by atoms with van der Waals surface area (Å²) in [6.07, 6.45) is 1.04. The van der Waals surface area contributed by atoms with Gasteiger partial charge in [0.25, 0.3) is 0 Å². The first-order chi connectivity index (χ1) is 12.0. The largest absolute Gasteiger partial charge is 0.493 e.